The molecule has 1 aliphatic heterocycles. The van der Waals surface area contributed by atoms with Crippen LogP contribution < -0.4 is 0 Å². The third-order valence-electron chi connectivity index (χ3n) is 3.56. The minimum Gasteiger partial charge on any atom is -0.467 e. The van der Waals surface area contributed by atoms with E-state index in [-0.39, 0.29) is 17.9 Å². The number of amides is 1. The Bertz CT molecular complexity index is 547. The van der Waals surface area contributed by atoms with Crippen molar-refractivity contribution in [3.05, 3.63) is 35.4 Å². The molecule has 0 saturated carbocycles. The summed E-state index contributed by atoms with van der Waals surface area (Å²) in [7, 11) is 1.24. The maximum atomic E-state index is 13.8. The number of rotatable bonds is 3. The molecule has 0 aliphatic carbocycles. The molecule has 2 unspecified atom stereocenters. The van der Waals surface area contributed by atoms with Gasteiger partial charge in [0.05, 0.1) is 13.2 Å². The zero-order chi connectivity index (χ0) is 14.9. The molecular formula is C14H15F2NO3. The molecule has 0 aromatic heterocycles. The van der Waals surface area contributed by atoms with Crippen LogP contribution in [-0.4, -0.2) is 29.9 Å². The van der Waals surface area contributed by atoms with Gasteiger partial charge in [0.1, 0.15) is 17.7 Å². The third-order valence-corrected chi connectivity index (χ3v) is 3.56. The molecule has 108 valence electrons. The average molecular weight is 283 g/mol. The van der Waals surface area contributed by atoms with Gasteiger partial charge >= 0.3 is 5.97 Å². The monoisotopic (exact) mass is 283 g/mol. The van der Waals surface area contributed by atoms with Gasteiger partial charge in [-0.25, -0.2) is 13.6 Å². The topological polar surface area (TPSA) is 46.6 Å². The Kier molecular flexibility index (Phi) is 4.01. The second-order valence-electron chi connectivity index (χ2n) is 4.72. The molecule has 20 heavy (non-hydrogen) atoms. The zero-order valence-corrected chi connectivity index (χ0v) is 11.2. The minimum atomic E-state index is -0.735. The van der Waals surface area contributed by atoms with E-state index < -0.39 is 29.7 Å². The highest BCUT2D eigenvalue weighted by Gasteiger charge is 2.40. The number of nitrogens with zero attached hydrogens (tertiary/aromatic N) is 1. The van der Waals surface area contributed by atoms with E-state index in [4.69, 9.17) is 0 Å². The number of halogens is 2. The lowest BCUT2D eigenvalue weighted by molar-refractivity contribution is -0.150. The number of carbonyl (C=O) groups excluding carboxylic acids is 2. The summed E-state index contributed by atoms with van der Waals surface area (Å²) in [5, 5.41) is 0. The molecule has 6 heteroatoms. The average Bonchev–Trinajstić information content (AvgIpc) is 2.79. The van der Waals surface area contributed by atoms with E-state index in [1.165, 1.54) is 18.1 Å². The summed E-state index contributed by atoms with van der Waals surface area (Å²) in [6, 6.07) is 1.80. The molecular weight excluding hydrogens is 268 g/mol. The van der Waals surface area contributed by atoms with E-state index in [1.807, 2.05) is 0 Å². The molecule has 1 saturated heterocycles. The highest BCUT2D eigenvalue weighted by Crippen LogP contribution is 2.32. The van der Waals surface area contributed by atoms with E-state index in [0.717, 1.165) is 12.1 Å². The van der Waals surface area contributed by atoms with Crippen molar-refractivity contribution >= 4 is 11.9 Å². The zero-order valence-electron chi connectivity index (χ0n) is 11.2. The van der Waals surface area contributed by atoms with Crippen LogP contribution in [-0.2, 0) is 14.3 Å². The van der Waals surface area contributed by atoms with Gasteiger partial charge in [-0.2, -0.15) is 0 Å². The summed E-state index contributed by atoms with van der Waals surface area (Å²) in [6.07, 6.45) is 0.561. The number of likely N-dealkylation sites (tertiary alicyclic amines) is 1. The Morgan fingerprint density at radius 1 is 1.45 bits per heavy atom. The second kappa shape index (κ2) is 5.56. The first-order valence-electron chi connectivity index (χ1n) is 6.29. The van der Waals surface area contributed by atoms with Gasteiger partial charge in [0.2, 0.25) is 5.91 Å². The van der Waals surface area contributed by atoms with E-state index in [2.05, 4.69) is 4.74 Å². The fraction of sp³-hybridized carbons (Fsp3) is 0.429. The molecule has 2 atom stereocenters. The number of esters is 1. The van der Waals surface area contributed by atoms with Gasteiger partial charge in [0.25, 0.3) is 0 Å². The largest absolute Gasteiger partial charge is 0.467 e. The van der Waals surface area contributed by atoms with E-state index in [9.17, 15) is 18.4 Å². The van der Waals surface area contributed by atoms with Gasteiger partial charge < -0.3 is 9.64 Å². The summed E-state index contributed by atoms with van der Waals surface area (Å²) in [4.78, 5) is 24.9. The van der Waals surface area contributed by atoms with Crippen LogP contribution in [0.15, 0.2) is 18.2 Å². The predicted molar refractivity (Wildman–Crippen MR) is 66.7 cm³/mol. The second-order valence-corrected chi connectivity index (χ2v) is 4.72. The molecule has 0 bridgehead atoms. The first-order chi connectivity index (χ1) is 9.45. The number of ether oxygens (including phenoxy) is 1. The van der Waals surface area contributed by atoms with Gasteiger partial charge in [-0.15, -0.1) is 0 Å². The van der Waals surface area contributed by atoms with E-state index in [1.54, 1.807) is 6.92 Å². The Morgan fingerprint density at radius 3 is 2.75 bits per heavy atom. The fourth-order valence-electron chi connectivity index (χ4n) is 2.55. The molecule has 2 rings (SSSR count). The highest BCUT2D eigenvalue weighted by atomic mass is 19.1. The number of carbonyl (C=O) groups is 2. The Hall–Kier alpha value is -1.98. The van der Waals surface area contributed by atoms with Gasteiger partial charge in [-0.3, -0.25) is 4.79 Å². The molecule has 0 N–H and O–H groups in total. The fourth-order valence-corrected chi connectivity index (χ4v) is 2.55. The van der Waals surface area contributed by atoms with Gasteiger partial charge in [0.15, 0.2) is 0 Å². The molecule has 0 spiro atoms. The van der Waals surface area contributed by atoms with Crippen LogP contribution in [0.25, 0.3) is 0 Å². The predicted octanol–water partition coefficient (Wildman–Crippen LogP) is 2.19. The maximum absolute atomic E-state index is 13.8. The van der Waals surface area contributed by atoms with Crippen LogP contribution >= 0.6 is 0 Å². The summed E-state index contributed by atoms with van der Waals surface area (Å²) < 4.78 is 31.4. The molecule has 1 heterocycles. The van der Waals surface area contributed by atoms with Gasteiger partial charge in [0, 0.05) is 18.1 Å². The lowest BCUT2D eigenvalue weighted by Crippen LogP contribution is -2.41. The van der Waals surface area contributed by atoms with E-state index >= 15 is 0 Å². The summed E-state index contributed by atoms with van der Waals surface area (Å²) in [6.45, 7) is 1.61. The smallest absolute Gasteiger partial charge is 0.328 e. The minimum absolute atomic E-state index is 0.176. The maximum Gasteiger partial charge on any atom is 0.328 e. The van der Waals surface area contributed by atoms with Crippen molar-refractivity contribution in [2.24, 2.45) is 0 Å². The molecule has 1 amide bonds. The van der Waals surface area contributed by atoms with E-state index in [0.29, 0.717) is 6.42 Å². The molecule has 1 aromatic carbocycles. The molecule has 4 nitrogen and oxygen atoms in total. The highest BCUT2D eigenvalue weighted by molar-refractivity contribution is 5.88. The first-order valence-corrected chi connectivity index (χ1v) is 6.29. The lowest BCUT2D eigenvalue weighted by Gasteiger charge is -2.29. The van der Waals surface area contributed by atoms with Crippen LogP contribution in [0.4, 0.5) is 8.78 Å². The number of methoxy groups -OCH3 is 1. The Balaban J connectivity index is 2.32. The van der Waals surface area contributed by atoms with Crippen LogP contribution in [0.5, 0.6) is 0 Å². The van der Waals surface area contributed by atoms with Gasteiger partial charge in [-0.1, -0.05) is 6.07 Å². The van der Waals surface area contributed by atoms with Crippen molar-refractivity contribution in [3.63, 3.8) is 0 Å². The van der Waals surface area contributed by atoms with Crippen LogP contribution in [0.1, 0.15) is 31.4 Å². The van der Waals surface area contributed by atoms with Crippen molar-refractivity contribution in [1.29, 1.82) is 0 Å². The van der Waals surface area contributed by atoms with Crippen molar-refractivity contribution in [2.75, 3.05) is 7.11 Å². The molecule has 0 radical (unpaired) electrons. The molecule has 1 aromatic rings. The Morgan fingerprint density at radius 2 is 2.15 bits per heavy atom. The lowest BCUT2D eigenvalue weighted by atomic mass is 10.0. The van der Waals surface area contributed by atoms with Crippen LogP contribution in [0, 0.1) is 11.6 Å². The quantitative estimate of drug-likeness (QED) is 0.799. The standard InChI is InChI=1S/C14H15F2NO3/c1-8(10-4-3-9(15)7-11(10)16)17-12(14(19)20-2)5-6-13(17)18/h3-4,7-8,12H,5-6H2,1-2H3. The Labute approximate surface area is 115 Å². The van der Waals surface area contributed by atoms with Crippen molar-refractivity contribution in [1.82, 2.24) is 4.90 Å². The van der Waals surface area contributed by atoms with Crippen LogP contribution in [0.3, 0.4) is 0 Å². The normalized spacial score (nSPS) is 20.1. The summed E-state index contributed by atoms with van der Waals surface area (Å²) in [5.41, 5.74) is 0.176. The summed E-state index contributed by atoms with van der Waals surface area (Å²) in [5.74, 6) is -2.18. The SMILES string of the molecule is COC(=O)C1CCC(=O)N1C(C)c1ccc(F)cc1F. The van der Waals surface area contributed by atoms with Crippen molar-refractivity contribution in [2.45, 2.75) is 31.8 Å². The number of hydrogen-bond acceptors (Lipinski definition) is 3. The van der Waals surface area contributed by atoms with Crippen molar-refractivity contribution in [3.8, 4) is 0 Å². The first kappa shape index (κ1) is 14.4. The third kappa shape index (κ3) is 2.50. The van der Waals surface area contributed by atoms with Crippen molar-refractivity contribution < 1.29 is 23.1 Å². The summed E-state index contributed by atoms with van der Waals surface area (Å²) >= 11 is 0. The number of hydrogen-bond donors (Lipinski definition) is 0. The molecule has 1 fully saturated rings. The van der Waals surface area contributed by atoms with Gasteiger partial charge in [-0.05, 0) is 19.4 Å². The number of benzene rings is 1. The molecule has 1 aliphatic rings. The van der Waals surface area contributed by atoms with Crippen LogP contribution in [0.2, 0.25) is 0 Å².